The molecule has 20 heavy (non-hydrogen) atoms. The van der Waals surface area contributed by atoms with Gasteiger partial charge in [-0.3, -0.25) is 4.79 Å². The Bertz CT molecular complexity index is 787. The van der Waals surface area contributed by atoms with Crippen molar-refractivity contribution in [2.75, 3.05) is 7.11 Å². The van der Waals surface area contributed by atoms with Crippen molar-refractivity contribution in [2.45, 2.75) is 0 Å². The fourth-order valence-corrected chi connectivity index (χ4v) is 1.94. The smallest absolute Gasteiger partial charge is 0.243 e. The maximum Gasteiger partial charge on any atom is 0.243 e. The van der Waals surface area contributed by atoms with Crippen LogP contribution in [0.2, 0.25) is 0 Å². The van der Waals surface area contributed by atoms with Crippen molar-refractivity contribution >= 4 is 16.7 Å². The lowest BCUT2D eigenvalue weighted by Gasteiger charge is -2.05. The Morgan fingerprint density at radius 3 is 2.70 bits per heavy atom. The number of ether oxygens (including phenoxy) is 1. The van der Waals surface area contributed by atoms with Gasteiger partial charge < -0.3 is 4.74 Å². The molecule has 98 valence electrons. The second-order valence-electron chi connectivity index (χ2n) is 4.13. The predicted octanol–water partition coefficient (Wildman–Crippen LogP) is 2.26. The van der Waals surface area contributed by atoms with E-state index in [2.05, 4.69) is 15.0 Å². The number of nitrogens with zero attached hydrogens (tertiary/aromatic N) is 3. The summed E-state index contributed by atoms with van der Waals surface area (Å²) in [7, 11) is 1.45. The molecule has 0 atom stereocenters. The van der Waals surface area contributed by atoms with Gasteiger partial charge in [-0.15, -0.1) is 0 Å². The van der Waals surface area contributed by atoms with E-state index in [4.69, 9.17) is 4.74 Å². The van der Waals surface area contributed by atoms with Crippen LogP contribution < -0.4 is 4.74 Å². The lowest BCUT2D eigenvalue weighted by atomic mass is 10.1. The van der Waals surface area contributed by atoms with Crippen LogP contribution in [0.1, 0.15) is 16.2 Å². The molecule has 2 aromatic heterocycles. The van der Waals surface area contributed by atoms with Gasteiger partial charge in [0.2, 0.25) is 11.7 Å². The number of aromatic nitrogens is 3. The molecule has 1 aromatic carbocycles. The minimum atomic E-state index is -0.305. The molecule has 0 radical (unpaired) electrons. The molecule has 0 aliphatic rings. The molecule has 0 amide bonds. The average molecular weight is 265 g/mol. The Balaban J connectivity index is 2.08. The van der Waals surface area contributed by atoms with E-state index in [1.54, 1.807) is 6.07 Å². The summed E-state index contributed by atoms with van der Waals surface area (Å²) in [5, 5.41) is 0.982. The maximum absolute atomic E-state index is 12.4. The zero-order valence-electron chi connectivity index (χ0n) is 10.8. The summed E-state index contributed by atoms with van der Waals surface area (Å²) in [6.07, 6.45) is 2.93. The van der Waals surface area contributed by atoms with Gasteiger partial charge in [0.1, 0.15) is 5.69 Å². The summed E-state index contributed by atoms with van der Waals surface area (Å²) in [6, 6.07) is 11.2. The highest BCUT2D eigenvalue weighted by Gasteiger charge is 2.18. The third-order valence-corrected chi connectivity index (χ3v) is 2.90. The Labute approximate surface area is 115 Å². The average Bonchev–Trinajstić information content (AvgIpc) is 2.53. The molecule has 0 saturated heterocycles. The number of ketones is 1. The standard InChI is InChI=1S/C15H11N3O2/c1-20-15-13(16-8-9-17-15)14(19)12-7-6-10-4-2-3-5-11(10)18-12/h2-9H,1H3. The number of hydrogen-bond acceptors (Lipinski definition) is 5. The van der Waals surface area contributed by atoms with Crippen LogP contribution in [-0.4, -0.2) is 27.8 Å². The second-order valence-corrected chi connectivity index (χ2v) is 4.13. The number of carbonyl (C=O) groups is 1. The van der Waals surface area contributed by atoms with E-state index >= 15 is 0 Å². The van der Waals surface area contributed by atoms with Crippen LogP contribution in [0.15, 0.2) is 48.8 Å². The molecule has 0 aliphatic heterocycles. The first-order valence-corrected chi connectivity index (χ1v) is 6.05. The largest absolute Gasteiger partial charge is 0.479 e. The summed E-state index contributed by atoms with van der Waals surface area (Å²) in [4.78, 5) is 24.8. The SMILES string of the molecule is COc1nccnc1C(=O)c1ccc2ccccc2n1. The topological polar surface area (TPSA) is 65.0 Å². The van der Waals surface area contributed by atoms with Gasteiger partial charge >= 0.3 is 0 Å². The molecule has 3 aromatic rings. The quantitative estimate of drug-likeness (QED) is 0.680. The zero-order valence-corrected chi connectivity index (χ0v) is 10.8. The Kier molecular flexibility index (Phi) is 3.09. The van der Waals surface area contributed by atoms with Crippen LogP contribution in [0.25, 0.3) is 10.9 Å². The number of pyridine rings is 1. The Morgan fingerprint density at radius 2 is 1.85 bits per heavy atom. The van der Waals surface area contributed by atoms with E-state index < -0.39 is 0 Å². The van der Waals surface area contributed by atoms with Gasteiger partial charge in [0, 0.05) is 17.8 Å². The van der Waals surface area contributed by atoms with Crippen LogP contribution >= 0.6 is 0 Å². The summed E-state index contributed by atoms with van der Waals surface area (Å²) >= 11 is 0. The molecule has 0 fully saturated rings. The lowest BCUT2D eigenvalue weighted by Crippen LogP contribution is -2.09. The van der Waals surface area contributed by atoms with Gasteiger partial charge in [0.15, 0.2) is 5.69 Å². The van der Waals surface area contributed by atoms with Crippen molar-refractivity contribution in [3.05, 3.63) is 60.2 Å². The first-order valence-electron chi connectivity index (χ1n) is 6.05. The highest BCUT2D eigenvalue weighted by Crippen LogP contribution is 2.17. The molecule has 0 N–H and O–H groups in total. The fraction of sp³-hybridized carbons (Fsp3) is 0.0667. The summed E-state index contributed by atoms with van der Waals surface area (Å²) in [5.74, 6) is -0.104. The Morgan fingerprint density at radius 1 is 1.05 bits per heavy atom. The van der Waals surface area contributed by atoms with Crippen molar-refractivity contribution in [3.63, 3.8) is 0 Å². The summed E-state index contributed by atoms with van der Waals surface area (Å²) in [6.45, 7) is 0. The predicted molar refractivity (Wildman–Crippen MR) is 73.8 cm³/mol. The van der Waals surface area contributed by atoms with Gasteiger partial charge in [-0.25, -0.2) is 15.0 Å². The van der Waals surface area contributed by atoms with Crippen LogP contribution in [0, 0.1) is 0 Å². The highest BCUT2D eigenvalue weighted by atomic mass is 16.5. The molecule has 0 spiro atoms. The van der Waals surface area contributed by atoms with Crippen LogP contribution in [-0.2, 0) is 0 Å². The number of rotatable bonds is 3. The van der Waals surface area contributed by atoms with Crippen molar-refractivity contribution in [3.8, 4) is 5.88 Å². The van der Waals surface area contributed by atoms with E-state index in [9.17, 15) is 4.79 Å². The molecular weight excluding hydrogens is 254 g/mol. The third-order valence-electron chi connectivity index (χ3n) is 2.90. The van der Waals surface area contributed by atoms with Gasteiger partial charge in [0.05, 0.1) is 12.6 Å². The normalized spacial score (nSPS) is 10.4. The summed E-state index contributed by atoms with van der Waals surface area (Å²) in [5.41, 5.74) is 1.25. The molecule has 5 heteroatoms. The van der Waals surface area contributed by atoms with E-state index in [1.807, 2.05) is 30.3 Å². The number of hydrogen-bond donors (Lipinski definition) is 0. The number of benzene rings is 1. The lowest BCUT2D eigenvalue weighted by molar-refractivity contribution is 0.102. The van der Waals surface area contributed by atoms with Gasteiger partial charge in [-0.2, -0.15) is 0 Å². The minimum Gasteiger partial charge on any atom is -0.479 e. The first-order chi connectivity index (χ1) is 9.79. The van der Waals surface area contributed by atoms with E-state index in [0.717, 1.165) is 10.9 Å². The third kappa shape index (κ3) is 2.09. The number of carbonyl (C=O) groups excluding carboxylic acids is 1. The molecule has 0 saturated carbocycles. The minimum absolute atomic E-state index is 0.165. The number of para-hydroxylation sites is 1. The Hall–Kier alpha value is -2.82. The fourth-order valence-electron chi connectivity index (χ4n) is 1.94. The summed E-state index contributed by atoms with van der Waals surface area (Å²) < 4.78 is 5.05. The van der Waals surface area contributed by atoms with Gasteiger partial charge in [-0.05, 0) is 12.1 Å². The molecule has 0 bridgehead atoms. The van der Waals surface area contributed by atoms with Crippen molar-refractivity contribution in [1.82, 2.24) is 15.0 Å². The van der Waals surface area contributed by atoms with Crippen LogP contribution in [0.3, 0.4) is 0 Å². The maximum atomic E-state index is 12.4. The van der Waals surface area contributed by atoms with Gasteiger partial charge in [0.25, 0.3) is 0 Å². The van der Waals surface area contributed by atoms with E-state index in [0.29, 0.717) is 5.69 Å². The zero-order chi connectivity index (χ0) is 13.9. The number of fused-ring (bicyclic) bond motifs is 1. The number of methoxy groups -OCH3 is 1. The van der Waals surface area contributed by atoms with Crippen LogP contribution in [0.5, 0.6) is 5.88 Å². The molecular formula is C15H11N3O2. The molecule has 2 heterocycles. The second kappa shape index (κ2) is 5.05. The van der Waals surface area contributed by atoms with Crippen molar-refractivity contribution in [1.29, 1.82) is 0 Å². The first kappa shape index (κ1) is 12.2. The monoisotopic (exact) mass is 265 g/mol. The molecule has 5 nitrogen and oxygen atoms in total. The van der Waals surface area contributed by atoms with Crippen molar-refractivity contribution in [2.24, 2.45) is 0 Å². The van der Waals surface area contributed by atoms with Crippen LogP contribution in [0.4, 0.5) is 0 Å². The van der Waals surface area contributed by atoms with E-state index in [-0.39, 0.29) is 17.4 Å². The van der Waals surface area contributed by atoms with E-state index in [1.165, 1.54) is 19.5 Å². The molecule has 3 rings (SSSR count). The molecule has 0 aliphatic carbocycles. The van der Waals surface area contributed by atoms with Gasteiger partial charge in [-0.1, -0.05) is 24.3 Å². The van der Waals surface area contributed by atoms with Crippen molar-refractivity contribution < 1.29 is 9.53 Å². The molecule has 0 unspecified atom stereocenters. The highest BCUT2D eigenvalue weighted by molar-refractivity contribution is 6.08.